The van der Waals surface area contributed by atoms with Crippen LogP contribution in [-0.2, 0) is 14.3 Å². The average Bonchev–Trinajstić information content (AvgIpc) is 2.36. The van der Waals surface area contributed by atoms with Crippen molar-refractivity contribution in [3.8, 4) is 0 Å². The molecule has 0 aromatic heterocycles. The van der Waals surface area contributed by atoms with Crippen LogP contribution in [0.2, 0.25) is 0 Å². The zero-order chi connectivity index (χ0) is 15.8. The molecule has 0 atom stereocenters. The van der Waals surface area contributed by atoms with E-state index in [9.17, 15) is 13.2 Å². The maximum Gasteiger partial charge on any atom is 0.362 e. The van der Waals surface area contributed by atoms with Gasteiger partial charge in [-0.3, -0.25) is 8.98 Å². The minimum Gasteiger partial charge on any atom is -0.361 e. The Balaban J connectivity index is 2.63. The summed E-state index contributed by atoms with van der Waals surface area (Å²) in [7, 11) is -4.01. The van der Waals surface area contributed by atoms with Gasteiger partial charge in [-0.05, 0) is 32.9 Å². The summed E-state index contributed by atoms with van der Waals surface area (Å²) >= 11 is 0. The van der Waals surface area contributed by atoms with Crippen LogP contribution in [0.5, 0.6) is 0 Å². The van der Waals surface area contributed by atoms with E-state index < -0.39 is 21.5 Å². The second kappa shape index (κ2) is 5.04. The molecule has 1 aliphatic rings. The number of nitrogens with zero attached hydrogens (tertiary/aromatic N) is 2. The van der Waals surface area contributed by atoms with Crippen LogP contribution in [0.3, 0.4) is 0 Å². The molecule has 6 nitrogen and oxygen atoms in total. The summed E-state index contributed by atoms with van der Waals surface area (Å²) < 4.78 is 29.8. The van der Waals surface area contributed by atoms with Crippen LogP contribution in [0.15, 0.2) is 29.2 Å². The Morgan fingerprint density at radius 1 is 1.19 bits per heavy atom. The molecule has 1 aromatic carbocycles. The molecule has 0 N–H and O–H groups in total. The minimum atomic E-state index is -4.01. The number of carbonyl (C=O) groups excluding carboxylic acids is 1. The van der Waals surface area contributed by atoms with Gasteiger partial charge in [0.05, 0.1) is 5.60 Å². The van der Waals surface area contributed by atoms with Crippen LogP contribution in [-0.4, -0.2) is 30.3 Å². The normalized spacial score (nSPS) is 14.8. The summed E-state index contributed by atoms with van der Waals surface area (Å²) in [6, 6.07) is 4.30. The van der Waals surface area contributed by atoms with E-state index in [1.807, 2.05) is 0 Å². The van der Waals surface area contributed by atoms with Gasteiger partial charge in [-0.15, -0.1) is 0 Å². The summed E-state index contributed by atoms with van der Waals surface area (Å²) in [6.07, 6.45) is 2.69. The fraction of sp³-hybridized carbons (Fsp3) is 0.286. The lowest BCUT2D eigenvalue weighted by atomic mass is 9.95. The molecule has 0 fully saturated rings. The van der Waals surface area contributed by atoms with E-state index >= 15 is 0 Å². The highest BCUT2D eigenvalue weighted by Crippen LogP contribution is 2.28. The quantitative estimate of drug-likeness (QED) is 0.474. The number of fused-ring (bicyclic) bond motifs is 1. The monoisotopic (exact) mass is 306 g/mol. The molecule has 0 saturated heterocycles. The van der Waals surface area contributed by atoms with Crippen molar-refractivity contribution in [3.63, 3.8) is 0 Å². The summed E-state index contributed by atoms with van der Waals surface area (Å²) in [5.41, 5.74) is 8.10. The topological polar surface area (TPSA) is 96.8 Å². The lowest BCUT2D eigenvalue weighted by molar-refractivity contribution is -0.00436. The van der Waals surface area contributed by atoms with Crippen LogP contribution in [0.25, 0.3) is 11.6 Å². The van der Waals surface area contributed by atoms with Crippen molar-refractivity contribution in [1.29, 1.82) is 0 Å². The predicted octanol–water partition coefficient (Wildman–Crippen LogP) is 2.07. The lowest BCUT2D eigenvalue weighted by Gasteiger charge is -2.20. The van der Waals surface area contributed by atoms with E-state index in [0.717, 1.165) is 0 Å². The third-order valence-electron chi connectivity index (χ3n) is 2.69. The van der Waals surface area contributed by atoms with E-state index in [2.05, 4.69) is 4.79 Å². The third kappa shape index (κ3) is 3.00. The van der Waals surface area contributed by atoms with E-state index in [1.165, 1.54) is 30.4 Å². The van der Waals surface area contributed by atoms with Gasteiger partial charge in [-0.1, -0.05) is 12.1 Å². The minimum absolute atomic E-state index is 0.0866. The zero-order valence-electron chi connectivity index (χ0n) is 11.8. The largest absolute Gasteiger partial charge is 0.362 e. The Morgan fingerprint density at radius 2 is 1.86 bits per heavy atom. The highest BCUT2D eigenvalue weighted by atomic mass is 32.2. The Morgan fingerprint density at radius 3 is 2.43 bits per heavy atom. The molecule has 7 heteroatoms. The summed E-state index contributed by atoms with van der Waals surface area (Å²) in [6.45, 7) is 4.87. The molecule has 0 unspecified atom stereocenters. The molecule has 0 saturated carbocycles. The second-order valence-electron chi connectivity index (χ2n) is 5.51. The number of ketones is 1. The summed E-state index contributed by atoms with van der Waals surface area (Å²) in [5.74, 6) is -0.539. The fourth-order valence-electron chi connectivity index (χ4n) is 1.96. The van der Waals surface area contributed by atoms with Gasteiger partial charge in [0.15, 0.2) is 0 Å². The molecule has 2 rings (SSSR count). The predicted molar refractivity (Wildman–Crippen MR) is 76.5 cm³/mol. The fourth-order valence-corrected chi connectivity index (χ4v) is 3.40. The third-order valence-corrected chi connectivity index (χ3v) is 4.30. The zero-order valence-corrected chi connectivity index (χ0v) is 12.6. The van der Waals surface area contributed by atoms with Crippen LogP contribution >= 0.6 is 0 Å². The first-order valence-electron chi connectivity index (χ1n) is 6.19. The molecule has 21 heavy (non-hydrogen) atoms. The number of Topliss-reactive ketones (excluding diaryl/α,β-unsaturated/α-hetero) is 1. The molecule has 0 amide bonds. The van der Waals surface area contributed by atoms with E-state index in [0.29, 0.717) is 0 Å². The first kappa shape index (κ1) is 15.3. The van der Waals surface area contributed by atoms with Gasteiger partial charge in [0.1, 0.15) is 4.90 Å². The molecule has 0 radical (unpaired) electrons. The SMILES string of the molecule is CC(C)(C)OS(=O)(=O)c1cccc2c1C=CC(=[N+]=[N-])C2=O. The Labute approximate surface area is 122 Å². The molecule has 110 valence electrons. The van der Waals surface area contributed by atoms with Crippen molar-refractivity contribution < 1.29 is 22.2 Å². The highest BCUT2D eigenvalue weighted by molar-refractivity contribution is 7.86. The molecule has 0 spiro atoms. The van der Waals surface area contributed by atoms with Gasteiger partial charge in [-0.25, -0.2) is 0 Å². The van der Waals surface area contributed by atoms with Gasteiger partial charge in [0.2, 0.25) is 0 Å². The molecular weight excluding hydrogens is 292 g/mol. The molecule has 1 aliphatic carbocycles. The molecule has 0 aliphatic heterocycles. The Hall–Kier alpha value is -2.08. The maximum absolute atomic E-state index is 12.3. The molecule has 0 heterocycles. The maximum atomic E-state index is 12.3. The number of hydrogen-bond donors (Lipinski definition) is 0. The summed E-state index contributed by atoms with van der Waals surface area (Å²) in [4.78, 5) is 14.8. The summed E-state index contributed by atoms with van der Waals surface area (Å²) in [5, 5.41) is 0. The van der Waals surface area contributed by atoms with Gasteiger partial charge in [-0.2, -0.15) is 13.2 Å². The lowest BCUT2D eigenvalue weighted by Crippen LogP contribution is -2.26. The van der Waals surface area contributed by atoms with Crippen LogP contribution in [0.1, 0.15) is 36.7 Å². The van der Waals surface area contributed by atoms with Gasteiger partial charge in [0, 0.05) is 17.2 Å². The first-order chi connectivity index (χ1) is 9.65. The number of allylic oxidation sites excluding steroid dienone is 1. The van der Waals surface area contributed by atoms with Crippen molar-refractivity contribution in [3.05, 3.63) is 40.9 Å². The van der Waals surface area contributed by atoms with Crippen molar-refractivity contribution >= 4 is 27.7 Å². The van der Waals surface area contributed by atoms with E-state index in [1.54, 1.807) is 20.8 Å². The Kier molecular flexibility index (Phi) is 3.67. The van der Waals surface area contributed by atoms with Crippen LogP contribution < -0.4 is 0 Å². The number of rotatable bonds is 2. The van der Waals surface area contributed by atoms with Crippen molar-refractivity contribution in [2.75, 3.05) is 0 Å². The standard InChI is InChI=1S/C14H14N2O4S/c1-14(2,3)20-21(18,19)12-6-4-5-10-9(12)7-8-11(16-15)13(10)17/h4-8H,1-3H3. The van der Waals surface area contributed by atoms with Gasteiger partial charge >= 0.3 is 5.71 Å². The first-order valence-corrected chi connectivity index (χ1v) is 7.60. The highest BCUT2D eigenvalue weighted by Gasteiger charge is 2.32. The van der Waals surface area contributed by atoms with Crippen molar-refractivity contribution in [2.45, 2.75) is 31.3 Å². The number of carbonyl (C=O) groups is 1. The van der Waals surface area contributed by atoms with Crippen molar-refractivity contribution in [1.82, 2.24) is 0 Å². The smallest absolute Gasteiger partial charge is 0.361 e. The van der Waals surface area contributed by atoms with Crippen LogP contribution in [0, 0.1) is 0 Å². The van der Waals surface area contributed by atoms with Gasteiger partial charge < -0.3 is 5.53 Å². The number of benzene rings is 1. The number of hydrogen-bond acceptors (Lipinski definition) is 4. The van der Waals surface area contributed by atoms with Crippen molar-refractivity contribution in [2.24, 2.45) is 0 Å². The molecule has 1 aromatic rings. The van der Waals surface area contributed by atoms with E-state index in [4.69, 9.17) is 9.71 Å². The molecular formula is C14H14N2O4S. The van der Waals surface area contributed by atoms with Crippen LogP contribution in [0.4, 0.5) is 0 Å². The second-order valence-corrected chi connectivity index (χ2v) is 7.03. The van der Waals surface area contributed by atoms with Gasteiger partial charge in [0.25, 0.3) is 15.9 Å². The van der Waals surface area contributed by atoms with E-state index in [-0.39, 0.29) is 21.7 Å². The Bertz CT molecular complexity index is 795. The average molecular weight is 306 g/mol. The molecule has 0 bridgehead atoms.